The zero-order valence-corrected chi connectivity index (χ0v) is 13.0. The van der Waals surface area contributed by atoms with Crippen LogP contribution in [0.25, 0.3) is 4.96 Å². The number of thiazole rings is 1. The zero-order valence-electron chi connectivity index (χ0n) is 12.2. The Balaban J connectivity index is 1.51. The third-order valence-corrected chi connectivity index (χ3v) is 5.83. The van der Waals surface area contributed by atoms with E-state index in [1.807, 2.05) is 0 Å². The highest BCUT2D eigenvalue weighted by atomic mass is 32.1. The van der Waals surface area contributed by atoms with Crippen LogP contribution in [0.5, 0.6) is 0 Å². The average Bonchev–Trinajstić information content (AvgIpc) is 2.93. The van der Waals surface area contributed by atoms with Gasteiger partial charge in [0.15, 0.2) is 4.96 Å². The molecule has 0 aliphatic carbocycles. The lowest BCUT2D eigenvalue weighted by Gasteiger charge is -2.45. The lowest BCUT2D eigenvalue weighted by molar-refractivity contribution is 0.0718. The van der Waals surface area contributed by atoms with Gasteiger partial charge >= 0.3 is 0 Å². The van der Waals surface area contributed by atoms with Crippen molar-refractivity contribution in [2.45, 2.75) is 39.3 Å². The Labute approximate surface area is 123 Å². The van der Waals surface area contributed by atoms with Crippen molar-refractivity contribution in [3.05, 3.63) is 22.5 Å². The van der Waals surface area contributed by atoms with E-state index in [0.717, 1.165) is 17.4 Å². The number of piperidine rings is 3. The molecule has 3 saturated heterocycles. The lowest BCUT2D eigenvalue weighted by atomic mass is 9.84. The SMILES string of the molecule is Cc1cn2c(CNC3CN4CCC3CC4)c(C)nc2s1. The van der Waals surface area contributed by atoms with Gasteiger partial charge in [0, 0.05) is 30.2 Å². The molecule has 1 unspecified atom stereocenters. The van der Waals surface area contributed by atoms with Crippen LogP contribution in [0.4, 0.5) is 0 Å². The second kappa shape index (κ2) is 4.83. The molecule has 0 radical (unpaired) electrons. The molecule has 5 heterocycles. The van der Waals surface area contributed by atoms with Gasteiger partial charge in [-0.25, -0.2) is 4.98 Å². The highest BCUT2D eigenvalue weighted by molar-refractivity contribution is 7.17. The number of rotatable bonds is 3. The van der Waals surface area contributed by atoms with Crippen LogP contribution in [0, 0.1) is 19.8 Å². The maximum absolute atomic E-state index is 4.68. The Bertz CT molecular complexity index is 621. The summed E-state index contributed by atoms with van der Waals surface area (Å²) in [7, 11) is 0. The van der Waals surface area contributed by atoms with Crippen LogP contribution in [-0.4, -0.2) is 40.0 Å². The number of aromatic nitrogens is 2. The highest BCUT2D eigenvalue weighted by Crippen LogP contribution is 2.28. The summed E-state index contributed by atoms with van der Waals surface area (Å²) in [5.74, 6) is 0.882. The summed E-state index contributed by atoms with van der Waals surface area (Å²) < 4.78 is 2.27. The highest BCUT2D eigenvalue weighted by Gasteiger charge is 2.33. The monoisotopic (exact) mass is 290 g/mol. The van der Waals surface area contributed by atoms with Gasteiger partial charge in [-0.2, -0.15) is 0 Å². The van der Waals surface area contributed by atoms with Crippen LogP contribution in [0.3, 0.4) is 0 Å². The number of hydrogen-bond donors (Lipinski definition) is 1. The van der Waals surface area contributed by atoms with Gasteiger partial charge in [-0.3, -0.25) is 4.40 Å². The minimum absolute atomic E-state index is 0.669. The third-order valence-electron chi connectivity index (χ3n) is 4.93. The maximum atomic E-state index is 4.68. The van der Waals surface area contributed by atoms with E-state index >= 15 is 0 Å². The minimum atomic E-state index is 0.669. The number of nitrogens with zero attached hydrogens (tertiary/aromatic N) is 3. The summed E-state index contributed by atoms with van der Waals surface area (Å²) in [4.78, 5) is 9.74. The number of nitrogens with one attached hydrogen (secondary N) is 1. The number of hydrogen-bond acceptors (Lipinski definition) is 4. The summed E-state index contributed by atoms with van der Waals surface area (Å²) in [5, 5.41) is 3.80. The average molecular weight is 290 g/mol. The molecule has 20 heavy (non-hydrogen) atoms. The molecule has 3 aliphatic rings. The summed E-state index contributed by atoms with van der Waals surface area (Å²) in [5.41, 5.74) is 2.51. The second-order valence-corrected chi connectivity index (χ2v) is 7.48. The molecule has 3 aliphatic heterocycles. The first-order chi connectivity index (χ1) is 9.70. The third kappa shape index (κ3) is 2.08. The molecule has 2 bridgehead atoms. The molecule has 2 aromatic rings. The van der Waals surface area contributed by atoms with Gasteiger partial charge in [0.25, 0.3) is 0 Å². The molecule has 1 N–H and O–H groups in total. The normalized spacial score (nSPS) is 29.4. The number of imidazole rings is 1. The molecule has 2 aromatic heterocycles. The predicted octanol–water partition coefficient (Wildman–Crippen LogP) is 2.20. The molecule has 1 atom stereocenters. The van der Waals surface area contributed by atoms with E-state index in [4.69, 9.17) is 0 Å². The van der Waals surface area contributed by atoms with Crippen molar-refractivity contribution in [1.29, 1.82) is 0 Å². The van der Waals surface area contributed by atoms with Crippen LogP contribution in [0.2, 0.25) is 0 Å². The number of aryl methyl sites for hydroxylation is 2. The predicted molar refractivity (Wildman–Crippen MR) is 82.3 cm³/mol. The Morgan fingerprint density at radius 1 is 1.35 bits per heavy atom. The first kappa shape index (κ1) is 12.8. The fourth-order valence-electron chi connectivity index (χ4n) is 3.75. The van der Waals surface area contributed by atoms with E-state index < -0.39 is 0 Å². The van der Waals surface area contributed by atoms with Gasteiger partial charge in [0.2, 0.25) is 0 Å². The standard InChI is InChI=1S/C15H22N4S/c1-10-8-19-14(11(2)17-15(19)20-10)7-16-13-9-18-5-3-12(13)4-6-18/h8,12-13,16H,3-7,9H2,1-2H3. The van der Waals surface area contributed by atoms with Crippen molar-refractivity contribution in [2.75, 3.05) is 19.6 Å². The molecular weight excluding hydrogens is 268 g/mol. The van der Waals surface area contributed by atoms with Gasteiger partial charge < -0.3 is 10.2 Å². The largest absolute Gasteiger partial charge is 0.307 e. The Morgan fingerprint density at radius 3 is 2.85 bits per heavy atom. The quantitative estimate of drug-likeness (QED) is 0.940. The summed E-state index contributed by atoms with van der Waals surface area (Å²) in [6.07, 6.45) is 4.96. The van der Waals surface area contributed by atoms with E-state index in [9.17, 15) is 0 Å². The molecular formula is C15H22N4S. The summed E-state index contributed by atoms with van der Waals surface area (Å²) >= 11 is 1.78. The van der Waals surface area contributed by atoms with E-state index in [2.05, 4.69) is 39.6 Å². The van der Waals surface area contributed by atoms with Crippen LogP contribution < -0.4 is 5.32 Å². The van der Waals surface area contributed by atoms with E-state index in [0.29, 0.717) is 6.04 Å². The van der Waals surface area contributed by atoms with E-state index in [1.54, 1.807) is 11.3 Å². The molecule has 4 nitrogen and oxygen atoms in total. The second-order valence-electron chi connectivity index (χ2n) is 6.26. The zero-order chi connectivity index (χ0) is 13.7. The minimum Gasteiger partial charge on any atom is -0.307 e. The molecule has 0 saturated carbocycles. The van der Waals surface area contributed by atoms with Crippen molar-refractivity contribution >= 4 is 16.3 Å². The first-order valence-corrected chi connectivity index (χ1v) is 8.42. The van der Waals surface area contributed by atoms with Gasteiger partial charge in [0.05, 0.1) is 11.4 Å². The Kier molecular flexibility index (Phi) is 3.09. The molecule has 0 aromatic carbocycles. The van der Waals surface area contributed by atoms with Gasteiger partial charge in [-0.1, -0.05) is 0 Å². The van der Waals surface area contributed by atoms with Crippen molar-refractivity contribution in [3.63, 3.8) is 0 Å². The first-order valence-electron chi connectivity index (χ1n) is 7.60. The van der Waals surface area contributed by atoms with Gasteiger partial charge in [-0.15, -0.1) is 11.3 Å². The maximum Gasteiger partial charge on any atom is 0.194 e. The molecule has 5 heteroatoms. The van der Waals surface area contributed by atoms with Crippen LogP contribution in [-0.2, 0) is 6.54 Å². The van der Waals surface area contributed by atoms with E-state index in [1.165, 1.54) is 48.7 Å². The van der Waals surface area contributed by atoms with Crippen LogP contribution in [0.1, 0.15) is 29.1 Å². The van der Waals surface area contributed by atoms with Crippen molar-refractivity contribution in [3.8, 4) is 0 Å². The van der Waals surface area contributed by atoms with Gasteiger partial charge in [0.1, 0.15) is 0 Å². The fourth-order valence-corrected chi connectivity index (χ4v) is 4.64. The van der Waals surface area contributed by atoms with Crippen molar-refractivity contribution in [1.82, 2.24) is 19.6 Å². The molecule has 3 fully saturated rings. The summed E-state index contributed by atoms with van der Waals surface area (Å²) in [6, 6.07) is 0.669. The van der Waals surface area contributed by atoms with Crippen molar-refractivity contribution in [2.24, 2.45) is 5.92 Å². The lowest BCUT2D eigenvalue weighted by Crippen LogP contribution is -2.55. The van der Waals surface area contributed by atoms with E-state index in [-0.39, 0.29) is 0 Å². The molecule has 108 valence electrons. The summed E-state index contributed by atoms with van der Waals surface area (Å²) in [6.45, 7) is 9.07. The molecule has 0 spiro atoms. The fraction of sp³-hybridized carbons (Fsp3) is 0.667. The number of fused-ring (bicyclic) bond motifs is 4. The van der Waals surface area contributed by atoms with Crippen LogP contribution in [0.15, 0.2) is 6.20 Å². The molecule has 0 amide bonds. The van der Waals surface area contributed by atoms with Crippen LogP contribution >= 0.6 is 11.3 Å². The smallest absolute Gasteiger partial charge is 0.194 e. The Morgan fingerprint density at radius 2 is 2.15 bits per heavy atom. The molecule has 5 rings (SSSR count). The topological polar surface area (TPSA) is 32.6 Å². The van der Waals surface area contributed by atoms with Gasteiger partial charge in [-0.05, 0) is 45.7 Å². The van der Waals surface area contributed by atoms with Crippen molar-refractivity contribution < 1.29 is 0 Å². The Hall–Kier alpha value is -0.910.